The molecule has 0 aromatic carbocycles. The summed E-state index contributed by atoms with van der Waals surface area (Å²) < 4.78 is 0. The Morgan fingerprint density at radius 2 is 2.45 bits per heavy atom. The quantitative estimate of drug-likeness (QED) is 0.609. The first-order chi connectivity index (χ1) is 5.27. The van der Waals surface area contributed by atoms with Gasteiger partial charge < -0.3 is 5.32 Å². The van der Waals surface area contributed by atoms with Crippen LogP contribution < -0.4 is 5.32 Å². The fourth-order valence-corrected chi connectivity index (χ4v) is 1.22. The van der Waals surface area contributed by atoms with Gasteiger partial charge in [-0.05, 0) is 26.5 Å². The molecule has 1 N–H and O–H groups in total. The number of likely N-dealkylation sites (N-methyl/N-ethyl adjacent to an activating group) is 1. The van der Waals surface area contributed by atoms with Crippen LogP contribution in [0.5, 0.6) is 0 Å². The molecule has 1 rings (SSSR count). The minimum atomic E-state index is 0.226. The van der Waals surface area contributed by atoms with Crippen molar-refractivity contribution in [2.24, 2.45) is 0 Å². The lowest BCUT2D eigenvalue weighted by Crippen LogP contribution is -2.27. The van der Waals surface area contributed by atoms with Crippen molar-refractivity contribution in [3.05, 3.63) is 23.3 Å². The van der Waals surface area contributed by atoms with Crippen molar-refractivity contribution in [1.82, 2.24) is 5.32 Å². The van der Waals surface area contributed by atoms with Crippen LogP contribution in [-0.2, 0) is 0 Å². The van der Waals surface area contributed by atoms with Crippen molar-refractivity contribution >= 4 is 0 Å². The molecule has 0 saturated carbocycles. The number of hydrogen-bond donors (Lipinski definition) is 1. The highest BCUT2D eigenvalue weighted by molar-refractivity contribution is 5.38. The monoisotopic (exact) mass is 148 g/mol. The highest BCUT2D eigenvalue weighted by Crippen LogP contribution is 2.16. The van der Waals surface area contributed by atoms with Gasteiger partial charge in [-0.25, -0.2) is 0 Å². The smallest absolute Gasteiger partial charge is 0.0964 e. The molecule has 0 heterocycles. The van der Waals surface area contributed by atoms with Gasteiger partial charge in [0.2, 0.25) is 0 Å². The van der Waals surface area contributed by atoms with Crippen molar-refractivity contribution in [2.75, 3.05) is 7.05 Å². The second kappa shape index (κ2) is 3.36. The third-order valence-corrected chi connectivity index (χ3v) is 1.91. The van der Waals surface area contributed by atoms with Crippen molar-refractivity contribution in [2.45, 2.75) is 19.4 Å². The molecule has 11 heavy (non-hydrogen) atoms. The third-order valence-electron chi connectivity index (χ3n) is 1.91. The summed E-state index contributed by atoms with van der Waals surface area (Å²) >= 11 is 0. The fraction of sp³-hybridized carbons (Fsp3) is 0.444. The van der Waals surface area contributed by atoms with E-state index < -0.39 is 0 Å². The maximum absolute atomic E-state index is 8.72. The minimum Gasteiger partial charge on any atom is -0.312 e. The number of nitrogens with zero attached hydrogens (tertiary/aromatic N) is 1. The summed E-state index contributed by atoms with van der Waals surface area (Å²) in [6, 6.07) is 2.42. The topological polar surface area (TPSA) is 35.8 Å². The summed E-state index contributed by atoms with van der Waals surface area (Å²) in [6.45, 7) is 2.02. The normalized spacial score (nSPS) is 23.5. The van der Waals surface area contributed by atoms with Gasteiger partial charge in [0.1, 0.15) is 0 Å². The predicted octanol–water partition coefficient (Wildman–Crippen LogP) is 1.37. The number of nitriles is 1. The number of hydrogen-bond acceptors (Lipinski definition) is 2. The van der Waals surface area contributed by atoms with Crippen LogP contribution in [0.25, 0.3) is 0 Å². The van der Waals surface area contributed by atoms with E-state index in [4.69, 9.17) is 5.26 Å². The lowest BCUT2D eigenvalue weighted by Gasteiger charge is -2.17. The molecule has 0 radical (unpaired) electrons. The molecule has 2 heteroatoms. The molecule has 0 amide bonds. The van der Waals surface area contributed by atoms with Gasteiger partial charge in [-0.2, -0.15) is 5.26 Å². The molecule has 0 fully saturated rings. The number of nitrogens with one attached hydrogen (secondary N) is 1. The van der Waals surface area contributed by atoms with Crippen LogP contribution in [-0.4, -0.2) is 13.1 Å². The molecular weight excluding hydrogens is 136 g/mol. The summed E-state index contributed by atoms with van der Waals surface area (Å²) in [5.41, 5.74) is 2.03. The summed E-state index contributed by atoms with van der Waals surface area (Å²) in [5.74, 6) is 0. The summed E-state index contributed by atoms with van der Waals surface area (Å²) in [4.78, 5) is 0. The van der Waals surface area contributed by atoms with E-state index in [0.717, 1.165) is 12.0 Å². The molecule has 0 aliphatic heterocycles. The lowest BCUT2D eigenvalue weighted by atomic mass is 9.96. The van der Waals surface area contributed by atoms with Gasteiger partial charge in [-0.15, -0.1) is 0 Å². The second-order valence-electron chi connectivity index (χ2n) is 2.74. The van der Waals surface area contributed by atoms with Crippen LogP contribution in [0.1, 0.15) is 13.3 Å². The van der Waals surface area contributed by atoms with Crippen molar-refractivity contribution in [3.8, 4) is 6.07 Å². The van der Waals surface area contributed by atoms with Gasteiger partial charge in [-0.3, -0.25) is 0 Å². The van der Waals surface area contributed by atoms with Crippen LogP contribution >= 0.6 is 0 Å². The largest absolute Gasteiger partial charge is 0.312 e. The fourth-order valence-electron chi connectivity index (χ4n) is 1.22. The van der Waals surface area contributed by atoms with E-state index in [-0.39, 0.29) is 6.04 Å². The van der Waals surface area contributed by atoms with Gasteiger partial charge in [0, 0.05) is 11.6 Å². The zero-order chi connectivity index (χ0) is 8.27. The van der Waals surface area contributed by atoms with Crippen molar-refractivity contribution in [3.63, 3.8) is 0 Å². The van der Waals surface area contributed by atoms with E-state index in [1.807, 2.05) is 20.0 Å². The van der Waals surface area contributed by atoms with Gasteiger partial charge in [0.15, 0.2) is 0 Å². The number of rotatable bonds is 1. The first kappa shape index (κ1) is 8.03. The highest BCUT2D eigenvalue weighted by atomic mass is 14.9. The molecular formula is C9H12N2. The van der Waals surface area contributed by atoms with E-state index in [1.165, 1.54) is 5.57 Å². The Hall–Kier alpha value is -1.07. The van der Waals surface area contributed by atoms with Crippen molar-refractivity contribution in [1.29, 1.82) is 5.26 Å². The molecule has 2 nitrogen and oxygen atoms in total. The molecule has 0 saturated heterocycles. The Bertz CT molecular complexity index is 243. The zero-order valence-corrected chi connectivity index (χ0v) is 6.89. The first-order valence-electron chi connectivity index (χ1n) is 3.73. The maximum Gasteiger partial charge on any atom is 0.0964 e. The van der Waals surface area contributed by atoms with E-state index in [9.17, 15) is 0 Å². The molecule has 0 spiro atoms. The van der Waals surface area contributed by atoms with Crippen LogP contribution in [0.2, 0.25) is 0 Å². The molecule has 58 valence electrons. The Morgan fingerprint density at radius 3 is 3.00 bits per heavy atom. The second-order valence-corrected chi connectivity index (χ2v) is 2.74. The predicted molar refractivity (Wildman–Crippen MR) is 44.9 cm³/mol. The van der Waals surface area contributed by atoms with E-state index >= 15 is 0 Å². The molecule has 0 aromatic heterocycles. The maximum atomic E-state index is 8.72. The van der Waals surface area contributed by atoms with Crippen LogP contribution in [0.15, 0.2) is 23.3 Å². The minimum absolute atomic E-state index is 0.226. The molecule has 1 unspecified atom stereocenters. The lowest BCUT2D eigenvalue weighted by molar-refractivity contribution is 0.649. The Morgan fingerprint density at radius 1 is 1.73 bits per heavy atom. The number of allylic oxidation sites excluding steroid dienone is 2. The standard InChI is InChI=1S/C9H12N2/c1-7-3-4-9(11-2)8(5-7)6-10/h3,5,9,11H,4H2,1-2H3. The molecule has 1 atom stereocenters. The van der Waals surface area contributed by atoms with E-state index in [1.54, 1.807) is 0 Å². The Balaban J connectivity index is 2.82. The molecule has 1 aliphatic carbocycles. The van der Waals surface area contributed by atoms with Crippen LogP contribution in [0, 0.1) is 11.3 Å². The average Bonchev–Trinajstić information content (AvgIpc) is 2.04. The molecule has 0 aromatic rings. The first-order valence-corrected chi connectivity index (χ1v) is 3.73. The van der Waals surface area contributed by atoms with Crippen LogP contribution in [0.4, 0.5) is 0 Å². The van der Waals surface area contributed by atoms with Gasteiger partial charge in [0.05, 0.1) is 6.07 Å². The SMILES string of the molecule is CNC1CC=C(C)C=C1C#N. The average molecular weight is 148 g/mol. The van der Waals surface area contributed by atoms with E-state index in [2.05, 4.69) is 17.5 Å². The molecule has 0 bridgehead atoms. The van der Waals surface area contributed by atoms with Gasteiger partial charge in [0.25, 0.3) is 0 Å². The summed E-state index contributed by atoms with van der Waals surface area (Å²) in [5, 5.41) is 11.8. The molecule has 1 aliphatic rings. The van der Waals surface area contributed by atoms with Gasteiger partial charge >= 0.3 is 0 Å². The Labute approximate surface area is 67.2 Å². The van der Waals surface area contributed by atoms with E-state index in [0.29, 0.717) is 0 Å². The Kier molecular flexibility index (Phi) is 2.45. The summed E-state index contributed by atoms with van der Waals surface area (Å²) in [7, 11) is 1.88. The van der Waals surface area contributed by atoms with Gasteiger partial charge in [-0.1, -0.05) is 11.6 Å². The third kappa shape index (κ3) is 1.69. The van der Waals surface area contributed by atoms with Crippen LogP contribution in [0.3, 0.4) is 0 Å². The summed E-state index contributed by atoms with van der Waals surface area (Å²) in [6.07, 6.45) is 5.01. The van der Waals surface area contributed by atoms with Crippen molar-refractivity contribution < 1.29 is 0 Å². The zero-order valence-electron chi connectivity index (χ0n) is 6.89. The highest BCUT2D eigenvalue weighted by Gasteiger charge is 2.13.